The van der Waals surface area contributed by atoms with Crippen molar-refractivity contribution in [3.8, 4) is 0 Å². The van der Waals surface area contributed by atoms with Crippen molar-refractivity contribution in [2.24, 2.45) is 5.92 Å². The zero-order chi connectivity index (χ0) is 15.2. The number of hydrogen-bond acceptors (Lipinski definition) is 2. The van der Waals surface area contributed by atoms with E-state index in [2.05, 4.69) is 17.4 Å². The fourth-order valence-electron chi connectivity index (χ4n) is 2.63. The van der Waals surface area contributed by atoms with Crippen LogP contribution < -0.4 is 5.32 Å². The van der Waals surface area contributed by atoms with Gasteiger partial charge in [0.25, 0.3) is 0 Å². The molecule has 1 saturated carbocycles. The number of urea groups is 1. The second-order valence-electron chi connectivity index (χ2n) is 6.09. The summed E-state index contributed by atoms with van der Waals surface area (Å²) in [6.07, 6.45) is 3.83. The summed E-state index contributed by atoms with van der Waals surface area (Å²) in [5, 5.41) is 12.5. The Balaban J connectivity index is 1.97. The van der Waals surface area contributed by atoms with Crippen molar-refractivity contribution >= 4 is 6.03 Å². The minimum atomic E-state index is -0.378. The summed E-state index contributed by atoms with van der Waals surface area (Å²) in [5.74, 6) is 0.543. The third-order valence-corrected chi connectivity index (χ3v) is 4.29. The molecule has 0 aromatic heterocycles. The average molecular weight is 290 g/mol. The molecule has 4 nitrogen and oxygen atoms in total. The van der Waals surface area contributed by atoms with Crippen LogP contribution in [-0.4, -0.2) is 35.7 Å². The van der Waals surface area contributed by atoms with Gasteiger partial charge < -0.3 is 15.3 Å². The fourth-order valence-corrected chi connectivity index (χ4v) is 2.63. The number of nitrogens with zero attached hydrogens (tertiary/aromatic N) is 1. The highest BCUT2D eigenvalue weighted by atomic mass is 16.3. The highest BCUT2D eigenvalue weighted by Gasteiger charge is 2.30. The van der Waals surface area contributed by atoms with Crippen molar-refractivity contribution in [2.45, 2.75) is 44.8 Å². The summed E-state index contributed by atoms with van der Waals surface area (Å²) < 4.78 is 0. The SMILES string of the molecule is CC(O)CCN(C)C(=O)NC(c1ccccc1)C1CCC1. The van der Waals surface area contributed by atoms with E-state index in [0.717, 1.165) is 0 Å². The predicted molar refractivity (Wildman–Crippen MR) is 84.0 cm³/mol. The first-order chi connectivity index (χ1) is 10.1. The molecule has 1 aromatic carbocycles. The number of hydrogen-bond donors (Lipinski definition) is 2. The average Bonchev–Trinajstić information content (AvgIpc) is 2.42. The van der Waals surface area contributed by atoms with E-state index in [1.54, 1.807) is 18.9 Å². The molecule has 116 valence electrons. The van der Waals surface area contributed by atoms with Crippen LogP contribution in [0.15, 0.2) is 30.3 Å². The number of rotatable bonds is 6. The Hall–Kier alpha value is -1.55. The van der Waals surface area contributed by atoms with Crippen LogP contribution in [-0.2, 0) is 0 Å². The maximum Gasteiger partial charge on any atom is 0.317 e. The van der Waals surface area contributed by atoms with E-state index < -0.39 is 0 Å². The number of carbonyl (C=O) groups is 1. The van der Waals surface area contributed by atoms with Crippen molar-refractivity contribution < 1.29 is 9.90 Å². The van der Waals surface area contributed by atoms with Crippen LogP contribution in [0.3, 0.4) is 0 Å². The van der Waals surface area contributed by atoms with Gasteiger partial charge in [-0.15, -0.1) is 0 Å². The minimum Gasteiger partial charge on any atom is -0.393 e. The minimum absolute atomic E-state index is 0.0589. The van der Waals surface area contributed by atoms with Crippen LogP contribution in [0.2, 0.25) is 0 Å². The smallest absolute Gasteiger partial charge is 0.317 e. The number of nitrogens with one attached hydrogen (secondary N) is 1. The number of benzene rings is 1. The van der Waals surface area contributed by atoms with Gasteiger partial charge in [0, 0.05) is 13.6 Å². The molecule has 0 spiro atoms. The van der Waals surface area contributed by atoms with Crippen LogP contribution >= 0.6 is 0 Å². The van der Waals surface area contributed by atoms with Gasteiger partial charge in [-0.1, -0.05) is 36.8 Å². The predicted octanol–water partition coefficient (Wildman–Crippen LogP) is 2.94. The lowest BCUT2D eigenvalue weighted by Gasteiger charge is -2.35. The first kappa shape index (κ1) is 15.8. The Morgan fingerprint density at radius 1 is 1.38 bits per heavy atom. The molecule has 2 amide bonds. The summed E-state index contributed by atoms with van der Waals surface area (Å²) in [7, 11) is 1.78. The Morgan fingerprint density at radius 3 is 2.57 bits per heavy atom. The van der Waals surface area contributed by atoms with Crippen molar-refractivity contribution in [2.75, 3.05) is 13.6 Å². The molecule has 0 saturated heterocycles. The molecule has 2 unspecified atom stereocenters. The van der Waals surface area contributed by atoms with Gasteiger partial charge in [0.2, 0.25) is 0 Å². The van der Waals surface area contributed by atoms with E-state index in [-0.39, 0.29) is 18.2 Å². The molecule has 1 aliphatic carbocycles. The molecule has 1 aromatic rings. The molecule has 0 radical (unpaired) electrons. The third kappa shape index (κ3) is 4.46. The highest BCUT2D eigenvalue weighted by molar-refractivity contribution is 5.74. The van der Waals surface area contributed by atoms with Gasteiger partial charge in [-0.05, 0) is 37.7 Å². The van der Waals surface area contributed by atoms with Crippen LogP contribution in [0.25, 0.3) is 0 Å². The second kappa shape index (κ2) is 7.46. The number of aliphatic hydroxyl groups is 1. The molecule has 2 rings (SSSR count). The maximum atomic E-state index is 12.3. The van der Waals surface area contributed by atoms with Gasteiger partial charge in [-0.3, -0.25) is 0 Å². The van der Waals surface area contributed by atoms with E-state index in [0.29, 0.717) is 18.9 Å². The zero-order valence-electron chi connectivity index (χ0n) is 13.0. The van der Waals surface area contributed by atoms with Crippen LogP contribution in [0.5, 0.6) is 0 Å². The van der Waals surface area contributed by atoms with Crippen LogP contribution in [0, 0.1) is 5.92 Å². The van der Waals surface area contributed by atoms with Gasteiger partial charge in [-0.2, -0.15) is 0 Å². The fraction of sp³-hybridized carbons (Fsp3) is 0.588. The normalized spacial score (nSPS) is 17.7. The molecular weight excluding hydrogens is 264 g/mol. The van der Waals surface area contributed by atoms with Crippen LogP contribution in [0.1, 0.15) is 44.2 Å². The number of carbonyl (C=O) groups excluding carboxylic acids is 1. The lowest BCUT2D eigenvalue weighted by atomic mass is 9.77. The van der Waals surface area contributed by atoms with Crippen molar-refractivity contribution in [1.82, 2.24) is 10.2 Å². The summed E-state index contributed by atoms with van der Waals surface area (Å²) in [6.45, 7) is 2.31. The Kier molecular flexibility index (Phi) is 5.62. The van der Waals surface area contributed by atoms with Crippen molar-refractivity contribution in [1.29, 1.82) is 0 Å². The summed E-state index contributed by atoms with van der Waals surface area (Å²) >= 11 is 0. The molecule has 2 atom stereocenters. The first-order valence-electron chi connectivity index (χ1n) is 7.82. The first-order valence-corrected chi connectivity index (χ1v) is 7.82. The second-order valence-corrected chi connectivity index (χ2v) is 6.09. The molecule has 1 aliphatic rings. The molecule has 1 fully saturated rings. The van der Waals surface area contributed by atoms with Crippen molar-refractivity contribution in [3.63, 3.8) is 0 Å². The maximum absolute atomic E-state index is 12.3. The quantitative estimate of drug-likeness (QED) is 0.846. The number of amides is 2. The summed E-state index contributed by atoms with van der Waals surface area (Å²) in [4.78, 5) is 14.0. The molecule has 21 heavy (non-hydrogen) atoms. The Bertz CT molecular complexity index is 443. The summed E-state index contributed by atoms with van der Waals surface area (Å²) in [6, 6.07) is 10.2. The van der Waals surface area contributed by atoms with E-state index in [4.69, 9.17) is 0 Å². The van der Waals surface area contributed by atoms with Gasteiger partial charge >= 0.3 is 6.03 Å². The topological polar surface area (TPSA) is 52.6 Å². The summed E-state index contributed by atoms with van der Waals surface area (Å²) in [5.41, 5.74) is 1.18. The van der Waals surface area contributed by atoms with E-state index in [9.17, 15) is 9.90 Å². The van der Waals surface area contributed by atoms with Gasteiger partial charge in [0.15, 0.2) is 0 Å². The van der Waals surface area contributed by atoms with Gasteiger partial charge in [0.05, 0.1) is 12.1 Å². The zero-order valence-corrected chi connectivity index (χ0v) is 13.0. The lowest BCUT2D eigenvalue weighted by Crippen LogP contribution is -2.43. The van der Waals surface area contributed by atoms with Crippen molar-refractivity contribution in [3.05, 3.63) is 35.9 Å². The molecule has 0 bridgehead atoms. The Labute approximate surface area is 127 Å². The monoisotopic (exact) mass is 290 g/mol. The van der Waals surface area contributed by atoms with E-state index in [1.807, 2.05) is 18.2 Å². The Morgan fingerprint density at radius 2 is 2.05 bits per heavy atom. The van der Waals surface area contributed by atoms with Gasteiger partial charge in [0.1, 0.15) is 0 Å². The largest absolute Gasteiger partial charge is 0.393 e. The van der Waals surface area contributed by atoms with E-state index >= 15 is 0 Å². The molecule has 2 N–H and O–H groups in total. The lowest BCUT2D eigenvalue weighted by molar-refractivity contribution is 0.157. The highest BCUT2D eigenvalue weighted by Crippen LogP contribution is 2.37. The van der Waals surface area contributed by atoms with Crippen LogP contribution in [0.4, 0.5) is 4.79 Å². The molecule has 0 heterocycles. The molecule has 4 heteroatoms. The third-order valence-electron chi connectivity index (χ3n) is 4.29. The number of aliphatic hydroxyl groups excluding tert-OH is 1. The standard InChI is InChI=1S/C17H26N2O2/c1-13(20)11-12-19(2)17(21)18-16(15-9-6-10-15)14-7-4-3-5-8-14/h3-5,7-8,13,15-16,20H,6,9-12H2,1-2H3,(H,18,21). The van der Waals surface area contributed by atoms with Gasteiger partial charge in [-0.25, -0.2) is 4.79 Å². The van der Waals surface area contributed by atoms with E-state index in [1.165, 1.54) is 24.8 Å². The molecule has 0 aliphatic heterocycles. The molecular formula is C17H26N2O2.